The number of aryl methyl sites for hydroxylation is 1. The Morgan fingerprint density at radius 3 is 2.79 bits per heavy atom. The van der Waals surface area contributed by atoms with E-state index < -0.39 is 0 Å². The van der Waals surface area contributed by atoms with Crippen molar-refractivity contribution in [3.8, 4) is 0 Å². The van der Waals surface area contributed by atoms with E-state index >= 15 is 0 Å². The van der Waals surface area contributed by atoms with Crippen LogP contribution in [0.4, 0.5) is 11.5 Å². The monoisotopic (exact) mass is 255 g/mol. The van der Waals surface area contributed by atoms with Crippen LogP contribution in [0.2, 0.25) is 0 Å². The van der Waals surface area contributed by atoms with E-state index in [9.17, 15) is 0 Å². The van der Waals surface area contributed by atoms with Crippen LogP contribution >= 0.6 is 0 Å². The number of hydrogen-bond donors (Lipinski definition) is 1. The van der Waals surface area contributed by atoms with Crippen molar-refractivity contribution in [1.82, 2.24) is 4.98 Å². The molecule has 0 radical (unpaired) electrons. The van der Waals surface area contributed by atoms with Gasteiger partial charge in [-0.05, 0) is 38.3 Å². The van der Waals surface area contributed by atoms with Crippen molar-refractivity contribution in [2.75, 3.05) is 5.73 Å². The number of aromatic nitrogens is 1. The average molecular weight is 255 g/mol. The quantitative estimate of drug-likeness (QED) is 0.823. The molecule has 2 rings (SSSR count). The zero-order valence-electron chi connectivity index (χ0n) is 11.9. The first kappa shape index (κ1) is 13.5. The van der Waals surface area contributed by atoms with Crippen LogP contribution < -0.4 is 5.73 Å². The first-order valence-electron chi connectivity index (χ1n) is 6.82. The Kier molecular flexibility index (Phi) is 4.15. The summed E-state index contributed by atoms with van der Waals surface area (Å²) in [4.78, 5) is 9.12. The molecule has 1 heterocycles. The Hall–Kier alpha value is -1.90. The lowest BCUT2D eigenvalue weighted by molar-refractivity contribution is 0.833. The molecule has 0 saturated heterocycles. The van der Waals surface area contributed by atoms with Gasteiger partial charge in [0.1, 0.15) is 11.5 Å². The topological polar surface area (TPSA) is 51.3 Å². The van der Waals surface area contributed by atoms with Gasteiger partial charge in [-0.2, -0.15) is 0 Å². The van der Waals surface area contributed by atoms with Gasteiger partial charge in [0.05, 0.1) is 5.52 Å². The zero-order chi connectivity index (χ0) is 13.8. The van der Waals surface area contributed by atoms with Gasteiger partial charge in [0, 0.05) is 11.1 Å². The lowest BCUT2D eigenvalue weighted by atomic mass is 10.1. The Labute approximate surface area is 114 Å². The van der Waals surface area contributed by atoms with Crippen molar-refractivity contribution < 1.29 is 0 Å². The van der Waals surface area contributed by atoms with Gasteiger partial charge in [0.15, 0.2) is 0 Å². The van der Waals surface area contributed by atoms with Crippen LogP contribution in [0.15, 0.2) is 29.3 Å². The zero-order valence-corrected chi connectivity index (χ0v) is 11.9. The van der Waals surface area contributed by atoms with E-state index in [1.165, 1.54) is 6.42 Å². The number of rotatable bonds is 4. The van der Waals surface area contributed by atoms with Crippen LogP contribution in [0.3, 0.4) is 0 Å². The number of nitrogens with zero attached hydrogens (tertiary/aromatic N) is 2. The molecule has 0 aliphatic carbocycles. The second-order valence-electron chi connectivity index (χ2n) is 4.94. The number of aliphatic imine (C=N–C) groups is 1. The van der Waals surface area contributed by atoms with E-state index in [-0.39, 0.29) is 0 Å². The smallest absolute Gasteiger partial charge is 0.150 e. The number of hydrogen-bond acceptors (Lipinski definition) is 3. The molecule has 0 amide bonds. The fourth-order valence-corrected chi connectivity index (χ4v) is 2.21. The molecule has 3 heteroatoms. The molecule has 1 aromatic carbocycles. The fourth-order valence-electron chi connectivity index (χ4n) is 2.21. The summed E-state index contributed by atoms with van der Waals surface area (Å²) >= 11 is 0. The Balaban J connectivity index is 2.48. The minimum Gasteiger partial charge on any atom is -0.382 e. The number of para-hydroxylation sites is 1. The van der Waals surface area contributed by atoms with Crippen molar-refractivity contribution in [3.05, 3.63) is 29.8 Å². The molecular formula is C16H21N3. The molecule has 0 atom stereocenters. The van der Waals surface area contributed by atoms with Crippen LogP contribution in [-0.4, -0.2) is 10.7 Å². The number of pyridine rings is 1. The molecule has 0 spiro atoms. The highest BCUT2D eigenvalue weighted by molar-refractivity contribution is 5.93. The Bertz CT molecular complexity index is 615. The summed E-state index contributed by atoms with van der Waals surface area (Å²) < 4.78 is 0. The molecule has 0 aliphatic heterocycles. The third kappa shape index (κ3) is 2.92. The third-order valence-electron chi connectivity index (χ3n) is 3.34. The van der Waals surface area contributed by atoms with Crippen LogP contribution in [0.5, 0.6) is 0 Å². The number of unbranched alkanes of at least 4 members (excludes halogenated alkanes) is 1. The van der Waals surface area contributed by atoms with Gasteiger partial charge in [0.2, 0.25) is 0 Å². The van der Waals surface area contributed by atoms with Gasteiger partial charge in [0.25, 0.3) is 0 Å². The van der Waals surface area contributed by atoms with E-state index in [4.69, 9.17) is 5.73 Å². The van der Waals surface area contributed by atoms with Gasteiger partial charge in [-0.15, -0.1) is 0 Å². The number of nitrogen functional groups attached to an aromatic ring is 1. The summed E-state index contributed by atoms with van der Waals surface area (Å²) in [6, 6.07) is 8.04. The molecule has 100 valence electrons. The molecule has 0 fully saturated rings. The second kappa shape index (κ2) is 5.83. The van der Waals surface area contributed by atoms with Crippen molar-refractivity contribution in [2.24, 2.45) is 4.99 Å². The predicted molar refractivity (Wildman–Crippen MR) is 83.2 cm³/mol. The van der Waals surface area contributed by atoms with Crippen molar-refractivity contribution in [2.45, 2.75) is 40.0 Å². The summed E-state index contributed by atoms with van der Waals surface area (Å²) in [5, 5.41) is 1.12. The molecular weight excluding hydrogens is 234 g/mol. The Morgan fingerprint density at radius 1 is 1.32 bits per heavy atom. The molecule has 0 saturated carbocycles. The molecule has 1 aromatic heterocycles. The summed E-state index contributed by atoms with van der Waals surface area (Å²) in [5.41, 5.74) is 10.0. The number of benzene rings is 1. The fraction of sp³-hybridized carbons (Fsp3) is 0.375. The lowest BCUT2D eigenvalue weighted by Crippen LogP contribution is -1.97. The molecule has 0 bridgehead atoms. The highest BCUT2D eigenvalue weighted by Crippen LogP contribution is 2.31. The number of nitrogens with two attached hydrogens (primary N) is 1. The molecule has 2 aromatic rings. The molecule has 2 N–H and O–H groups in total. The van der Waals surface area contributed by atoms with E-state index in [1.54, 1.807) is 0 Å². The van der Waals surface area contributed by atoms with Gasteiger partial charge >= 0.3 is 0 Å². The van der Waals surface area contributed by atoms with Gasteiger partial charge < -0.3 is 5.73 Å². The number of fused-ring (bicyclic) bond motifs is 1. The maximum Gasteiger partial charge on any atom is 0.150 e. The first-order valence-corrected chi connectivity index (χ1v) is 6.82. The van der Waals surface area contributed by atoms with Crippen molar-refractivity contribution in [1.29, 1.82) is 0 Å². The summed E-state index contributed by atoms with van der Waals surface area (Å²) in [6.45, 7) is 6.31. The van der Waals surface area contributed by atoms with Crippen LogP contribution in [0.25, 0.3) is 10.9 Å². The second-order valence-corrected chi connectivity index (χ2v) is 4.94. The molecule has 0 aliphatic rings. The average Bonchev–Trinajstić information content (AvgIpc) is 2.41. The van der Waals surface area contributed by atoms with Gasteiger partial charge in [-0.3, -0.25) is 4.99 Å². The molecule has 0 unspecified atom stereocenters. The standard InChI is InChI=1S/C16H21N3/c1-4-5-8-11(2)18-15-12(3)13-9-6-7-10-14(13)19-16(15)17/h6-7,9-10H,4-5,8H2,1-3H3,(H2,17,19). The third-order valence-corrected chi connectivity index (χ3v) is 3.34. The minimum absolute atomic E-state index is 0.520. The van der Waals surface area contributed by atoms with E-state index in [2.05, 4.69) is 36.8 Å². The summed E-state index contributed by atoms with van der Waals surface area (Å²) in [6.07, 6.45) is 3.36. The maximum atomic E-state index is 6.05. The molecule has 3 nitrogen and oxygen atoms in total. The van der Waals surface area contributed by atoms with Gasteiger partial charge in [-0.1, -0.05) is 31.5 Å². The summed E-state index contributed by atoms with van der Waals surface area (Å²) in [7, 11) is 0. The van der Waals surface area contributed by atoms with E-state index in [0.29, 0.717) is 5.82 Å². The highest BCUT2D eigenvalue weighted by atomic mass is 14.9. The minimum atomic E-state index is 0.520. The highest BCUT2D eigenvalue weighted by Gasteiger charge is 2.09. The molecule has 19 heavy (non-hydrogen) atoms. The van der Waals surface area contributed by atoms with Crippen LogP contribution in [0, 0.1) is 6.92 Å². The van der Waals surface area contributed by atoms with Gasteiger partial charge in [-0.25, -0.2) is 4.98 Å². The predicted octanol–water partition coefficient (Wildman–Crippen LogP) is 4.41. The van der Waals surface area contributed by atoms with Crippen LogP contribution in [-0.2, 0) is 0 Å². The largest absolute Gasteiger partial charge is 0.382 e. The lowest BCUT2D eigenvalue weighted by Gasteiger charge is -2.09. The normalized spacial score (nSPS) is 12.1. The Morgan fingerprint density at radius 2 is 2.05 bits per heavy atom. The van der Waals surface area contributed by atoms with Crippen LogP contribution in [0.1, 0.15) is 38.7 Å². The first-order chi connectivity index (χ1) is 9.13. The van der Waals surface area contributed by atoms with Crippen molar-refractivity contribution in [3.63, 3.8) is 0 Å². The summed E-state index contributed by atoms with van der Waals surface area (Å²) in [5.74, 6) is 0.520. The SMILES string of the molecule is CCCCC(C)=Nc1c(N)nc2ccccc2c1C. The van der Waals surface area contributed by atoms with E-state index in [1.807, 2.05) is 18.2 Å². The maximum absolute atomic E-state index is 6.05. The van der Waals surface area contributed by atoms with E-state index in [0.717, 1.165) is 40.7 Å². The number of anilines is 1. The van der Waals surface area contributed by atoms with Crippen molar-refractivity contribution >= 4 is 28.1 Å².